The van der Waals surface area contributed by atoms with Crippen molar-refractivity contribution in [3.8, 4) is 11.3 Å². The van der Waals surface area contributed by atoms with E-state index in [1.807, 2.05) is 0 Å². The fraction of sp³-hybridized carbons (Fsp3) is 0.286. The molecule has 2 heterocycles. The molecule has 1 fully saturated rings. The van der Waals surface area contributed by atoms with Crippen molar-refractivity contribution >= 4 is 5.91 Å². The fourth-order valence-electron chi connectivity index (χ4n) is 2.21. The molecule has 0 bridgehead atoms. The van der Waals surface area contributed by atoms with Crippen LogP contribution in [0.1, 0.15) is 16.9 Å². The molecule has 1 aromatic carbocycles. The van der Waals surface area contributed by atoms with Crippen LogP contribution in [0.2, 0.25) is 0 Å². The van der Waals surface area contributed by atoms with Gasteiger partial charge in [-0.05, 0) is 30.7 Å². The average molecular weight is 276 g/mol. The fourth-order valence-corrected chi connectivity index (χ4v) is 2.21. The Hall–Kier alpha value is -2.21. The van der Waals surface area contributed by atoms with Crippen LogP contribution in [0.3, 0.4) is 0 Å². The Kier molecular flexibility index (Phi) is 3.23. The number of amides is 1. The second-order valence-corrected chi connectivity index (χ2v) is 4.78. The number of aliphatic hydroxyl groups excluding tert-OH is 1. The summed E-state index contributed by atoms with van der Waals surface area (Å²) < 4.78 is 18.0. The van der Waals surface area contributed by atoms with E-state index in [1.54, 1.807) is 12.1 Å². The Labute approximate surface area is 114 Å². The lowest BCUT2D eigenvalue weighted by atomic mass is 10.1. The molecule has 0 radical (unpaired) electrons. The van der Waals surface area contributed by atoms with Gasteiger partial charge in [0.2, 0.25) is 0 Å². The van der Waals surface area contributed by atoms with E-state index in [4.69, 9.17) is 4.52 Å². The summed E-state index contributed by atoms with van der Waals surface area (Å²) in [7, 11) is 0. The van der Waals surface area contributed by atoms with E-state index in [0.717, 1.165) is 0 Å². The van der Waals surface area contributed by atoms with Crippen LogP contribution in [-0.4, -0.2) is 40.3 Å². The van der Waals surface area contributed by atoms with Crippen LogP contribution in [0.15, 0.2) is 34.9 Å². The summed E-state index contributed by atoms with van der Waals surface area (Å²) in [5.41, 5.74) is 0.845. The predicted molar refractivity (Wildman–Crippen MR) is 68.4 cm³/mol. The van der Waals surface area contributed by atoms with Crippen molar-refractivity contribution in [1.82, 2.24) is 10.1 Å². The van der Waals surface area contributed by atoms with Gasteiger partial charge < -0.3 is 14.5 Å². The first-order valence-electron chi connectivity index (χ1n) is 6.33. The highest BCUT2D eigenvalue weighted by Crippen LogP contribution is 2.22. The monoisotopic (exact) mass is 276 g/mol. The third-order valence-electron chi connectivity index (χ3n) is 3.31. The standard InChI is InChI=1S/C14H13FN2O3/c15-10-3-1-9(2-4-10)13-7-12(16-20-13)14(19)17-6-5-11(18)8-17/h1-4,7,11,18H,5-6,8H2/t11-/m1/s1. The van der Waals surface area contributed by atoms with Gasteiger partial charge in [0.15, 0.2) is 11.5 Å². The zero-order valence-electron chi connectivity index (χ0n) is 10.6. The third kappa shape index (κ3) is 2.42. The Morgan fingerprint density at radius 3 is 2.80 bits per heavy atom. The minimum absolute atomic E-state index is 0.193. The maximum atomic E-state index is 12.8. The van der Waals surface area contributed by atoms with Crippen LogP contribution in [0.25, 0.3) is 11.3 Å². The maximum Gasteiger partial charge on any atom is 0.276 e. The van der Waals surface area contributed by atoms with Crippen LogP contribution in [0.4, 0.5) is 4.39 Å². The van der Waals surface area contributed by atoms with E-state index >= 15 is 0 Å². The van der Waals surface area contributed by atoms with Crippen molar-refractivity contribution in [2.75, 3.05) is 13.1 Å². The molecule has 6 heteroatoms. The van der Waals surface area contributed by atoms with E-state index in [1.165, 1.54) is 23.1 Å². The van der Waals surface area contributed by atoms with E-state index in [9.17, 15) is 14.3 Å². The lowest BCUT2D eigenvalue weighted by molar-refractivity contribution is 0.0755. The summed E-state index contributed by atoms with van der Waals surface area (Å²) in [5.74, 6) is -0.192. The number of likely N-dealkylation sites (tertiary alicyclic amines) is 1. The number of aromatic nitrogens is 1. The smallest absolute Gasteiger partial charge is 0.276 e. The van der Waals surface area contributed by atoms with Gasteiger partial charge in [-0.3, -0.25) is 4.79 Å². The van der Waals surface area contributed by atoms with Gasteiger partial charge in [-0.1, -0.05) is 5.16 Å². The van der Waals surface area contributed by atoms with E-state index in [-0.39, 0.29) is 17.4 Å². The van der Waals surface area contributed by atoms with Crippen molar-refractivity contribution in [2.45, 2.75) is 12.5 Å². The molecule has 0 unspecified atom stereocenters. The average Bonchev–Trinajstić information content (AvgIpc) is 3.08. The first-order chi connectivity index (χ1) is 9.63. The van der Waals surface area contributed by atoms with Gasteiger partial charge in [0.25, 0.3) is 5.91 Å². The van der Waals surface area contributed by atoms with Gasteiger partial charge in [-0.25, -0.2) is 4.39 Å². The molecule has 1 aliphatic rings. The minimum Gasteiger partial charge on any atom is -0.391 e. The molecule has 1 amide bonds. The van der Waals surface area contributed by atoms with Crippen molar-refractivity contribution in [1.29, 1.82) is 0 Å². The Morgan fingerprint density at radius 2 is 2.15 bits per heavy atom. The summed E-state index contributed by atoms with van der Waals surface area (Å²) in [6.07, 6.45) is 0.108. The molecular weight excluding hydrogens is 263 g/mol. The van der Waals surface area contributed by atoms with Crippen molar-refractivity contribution < 1.29 is 18.8 Å². The van der Waals surface area contributed by atoms with Gasteiger partial charge in [0.1, 0.15) is 5.82 Å². The van der Waals surface area contributed by atoms with Crippen LogP contribution in [0, 0.1) is 5.82 Å². The minimum atomic E-state index is -0.470. The summed E-state index contributed by atoms with van der Waals surface area (Å²) in [6, 6.07) is 7.28. The molecule has 1 atom stereocenters. The molecule has 3 rings (SSSR count). The van der Waals surface area contributed by atoms with Crippen molar-refractivity contribution in [2.24, 2.45) is 0 Å². The number of carbonyl (C=O) groups excluding carboxylic acids is 1. The molecule has 20 heavy (non-hydrogen) atoms. The number of rotatable bonds is 2. The maximum absolute atomic E-state index is 12.8. The second kappa shape index (κ2) is 5.05. The number of hydrogen-bond acceptors (Lipinski definition) is 4. The molecule has 1 aromatic heterocycles. The molecule has 0 spiro atoms. The molecule has 0 aliphatic carbocycles. The predicted octanol–water partition coefficient (Wildman–Crippen LogP) is 1.69. The molecule has 2 aromatic rings. The molecule has 0 saturated carbocycles. The Balaban J connectivity index is 1.79. The normalized spacial score (nSPS) is 18.5. The van der Waals surface area contributed by atoms with E-state index in [2.05, 4.69) is 5.16 Å². The van der Waals surface area contributed by atoms with Gasteiger partial charge in [-0.15, -0.1) is 0 Å². The van der Waals surface area contributed by atoms with Gasteiger partial charge in [0, 0.05) is 24.7 Å². The topological polar surface area (TPSA) is 66.6 Å². The number of carbonyl (C=O) groups is 1. The SMILES string of the molecule is O=C(c1cc(-c2ccc(F)cc2)on1)N1CC[C@@H](O)C1. The van der Waals surface area contributed by atoms with Gasteiger partial charge >= 0.3 is 0 Å². The second-order valence-electron chi connectivity index (χ2n) is 4.78. The van der Waals surface area contributed by atoms with Gasteiger partial charge in [0.05, 0.1) is 6.10 Å². The molecule has 1 N–H and O–H groups in total. The number of β-amino-alcohol motifs (C(OH)–C–C–N with tert-alkyl or cyclic N) is 1. The van der Waals surface area contributed by atoms with E-state index < -0.39 is 6.10 Å². The Bertz CT molecular complexity index is 624. The highest BCUT2D eigenvalue weighted by atomic mass is 19.1. The number of hydrogen-bond donors (Lipinski definition) is 1. The molecule has 1 aliphatic heterocycles. The molecule has 1 saturated heterocycles. The van der Waals surface area contributed by atoms with Crippen LogP contribution < -0.4 is 0 Å². The zero-order valence-corrected chi connectivity index (χ0v) is 10.6. The van der Waals surface area contributed by atoms with Crippen LogP contribution >= 0.6 is 0 Å². The number of halogens is 1. The first-order valence-corrected chi connectivity index (χ1v) is 6.33. The van der Waals surface area contributed by atoms with Crippen molar-refractivity contribution in [3.05, 3.63) is 41.8 Å². The van der Waals surface area contributed by atoms with Crippen LogP contribution in [0.5, 0.6) is 0 Å². The van der Waals surface area contributed by atoms with Gasteiger partial charge in [-0.2, -0.15) is 0 Å². The van der Waals surface area contributed by atoms with E-state index in [0.29, 0.717) is 30.8 Å². The highest BCUT2D eigenvalue weighted by Gasteiger charge is 2.27. The van der Waals surface area contributed by atoms with Crippen LogP contribution in [-0.2, 0) is 0 Å². The number of aliphatic hydroxyl groups is 1. The lowest BCUT2D eigenvalue weighted by Gasteiger charge is -2.12. The summed E-state index contributed by atoms with van der Waals surface area (Å²) in [4.78, 5) is 13.7. The Morgan fingerprint density at radius 1 is 1.40 bits per heavy atom. The molecule has 5 nitrogen and oxygen atoms in total. The largest absolute Gasteiger partial charge is 0.391 e. The summed E-state index contributed by atoms with van der Waals surface area (Å²) in [5, 5.41) is 13.2. The first kappa shape index (κ1) is 12.8. The summed E-state index contributed by atoms with van der Waals surface area (Å²) in [6.45, 7) is 0.830. The summed E-state index contributed by atoms with van der Waals surface area (Å²) >= 11 is 0. The molecule has 104 valence electrons. The third-order valence-corrected chi connectivity index (χ3v) is 3.31. The number of nitrogens with zero attached hydrogens (tertiary/aromatic N) is 2. The molecular formula is C14H13FN2O3. The number of benzene rings is 1. The highest BCUT2D eigenvalue weighted by molar-refractivity contribution is 5.93. The quantitative estimate of drug-likeness (QED) is 0.906. The van der Waals surface area contributed by atoms with Crippen molar-refractivity contribution in [3.63, 3.8) is 0 Å². The zero-order chi connectivity index (χ0) is 14.1. The lowest BCUT2D eigenvalue weighted by Crippen LogP contribution is -2.29.